The average molecular weight is 361 g/mol. The van der Waals surface area contributed by atoms with Gasteiger partial charge in [0.2, 0.25) is 5.91 Å². The van der Waals surface area contributed by atoms with E-state index in [0.29, 0.717) is 6.42 Å². The number of aromatic amines is 1. The molecule has 2 heterocycles. The summed E-state index contributed by atoms with van der Waals surface area (Å²) in [5, 5.41) is 1.12. The molecule has 5 nitrogen and oxygen atoms in total. The molecule has 1 N–H and O–H groups in total. The molecule has 5 heteroatoms. The van der Waals surface area contributed by atoms with Crippen molar-refractivity contribution in [1.29, 1.82) is 0 Å². The van der Waals surface area contributed by atoms with E-state index in [2.05, 4.69) is 16.0 Å². The topological polar surface area (TPSA) is 56.4 Å². The van der Waals surface area contributed by atoms with E-state index in [0.717, 1.165) is 53.9 Å². The van der Waals surface area contributed by atoms with Gasteiger partial charge in [0.25, 0.3) is 0 Å². The third-order valence-corrected chi connectivity index (χ3v) is 5.29. The van der Waals surface area contributed by atoms with Crippen LogP contribution in [0.1, 0.15) is 22.8 Å². The normalized spacial score (nSPS) is 14.6. The Morgan fingerprint density at radius 1 is 0.963 bits per heavy atom. The molecule has 0 unspecified atom stereocenters. The molecular formula is C22H23N3O2. The summed E-state index contributed by atoms with van der Waals surface area (Å²) in [5.74, 6) is 0.251. The number of ketones is 1. The molecule has 1 aromatic heterocycles. The van der Waals surface area contributed by atoms with Crippen LogP contribution in [0, 0.1) is 0 Å². The van der Waals surface area contributed by atoms with Gasteiger partial charge in [-0.05, 0) is 42.8 Å². The number of Topliss-reactive ketones (excluding diaryl/α,β-unsaturated/α-hetero) is 1. The van der Waals surface area contributed by atoms with Crippen molar-refractivity contribution in [3.8, 4) is 0 Å². The molecule has 0 spiro atoms. The zero-order chi connectivity index (χ0) is 18.8. The second kappa shape index (κ2) is 7.27. The fraction of sp³-hybridized carbons (Fsp3) is 0.273. The Kier molecular flexibility index (Phi) is 4.67. The van der Waals surface area contributed by atoms with Crippen LogP contribution in [0.3, 0.4) is 0 Å². The maximum atomic E-state index is 12.7. The van der Waals surface area contributed by atoms with E-state index in [1.54, 1.807) is 6.92 Å². The molecule has 3 aromatic rings. The molecule has 138 valence electrons. The van der Waals surface area contributed by atoms with Gasteiger partial charge in [0, 0.05) is 54.5 Å². The SMILES string of the molecule is CC(=O)c1ccc(N2CCN(C(=O)Cc3c[nH]c4ccccc34)CC2)cc1. The molecule has 0 aliphatic carbocycles. The third kappa shape index (κ3) is 3.58. The first kappa shape index (κ1) is 17.3. The van der Waals surface area contributed by atoms with Crippen LogP contribution < -0.4 is 4.90 Å². The molecule has 2 aromatic carbocycles. The first-order valence-corrected chi connectivity index (χ1v) is 9.30. The zero-order valence-corrected chi connectivity index (χ0v) is 15.4. The summed E-state index contributed by atoms with van der Waals surface area (Å²) < 4.78 is 0. The molecule has 0 saturated carbocycles. The second-order valence-corrected chi connectivity index (χ2v) is 7.01. The summed E-state index contributed by atoms with van der Waals surface area (Å²) in [7, 11) is 0. The Morgan fingerprint density at radius 3 is 2.37 bits per heavy atom. The molecule has 1 saturated heterocycles. The fourth-order valence-corrected chi connectivity index (χ4v) is 3.67. The number of anilines is 1. The number of piperazine rings is 1. The van der Waals surface area contributed by atoms with Crippen LogP contribution in [0.25, 0.3) is 10.9 Å². The van der Waals surface area contributed by atoms with Crippen molar-refractivity contribution >= 4 is 28.3 Å². The molecule has 4 rings (SSSR count). The van der Waals surface area contributed by atoms with Crippen molar-refractivity contribution in [1.82, 2.24) is 9.88 Å². The summed E-state index contributed by atoms with van der Waals surface area (Å²) in [6.45, 7) is 4.62. The van der Waals surface area contributed by atoms with Crippen molar-refractivity contribution in [3.05, 3.63) is 65.9 Å². The lowest BCUT2D eigenvalue weighted by atomic mass is 10.1. The van der Waals surface area contributed by atoms with E-state index in [-0.39, 0.29) is 11.7 Å². The minimum Gasteiger partial charge on any atom is -0.368 e. The smallest absolute Gasteiger partial charge is 0.227 e. The van der Waals surface area contributed by atoms with Gasteiger partial charge < -0.3 is 14.8 Å². The Balaban J connectivity index is 1.37. The molecule has 1 aliphatic rings. The average Bonchev–Trinajstić information content (AvgIpc) is 3.11. The van der Waals surface area contributed by atoms with Gasteiger partial charge in [0.1, 0.15) is 0 Å². The van der Waals surface area contributed by atoms with Crippen molar-refractivity contribution in [3.63, 3.8) is 0 Å². The van der Waals surface area contributed by atoms with Crippen LogP contribution in [0.5, 0.6) is 0 Å². The number of H-pyrrole nitrogens is 1. The highest BCUT2D eigenvalue weighted by atomic mass is 16.2. The first-order chi connectivity index (χ1) is 13.1. The van der Waals surface area contributed by atoms with E-state index in [1.807, 2.05) is 53.6 Å². The lowest BCUT2D eigenvalue weighted by Crippen LogP contribution is -2.49. The minimum absolute atomic E-state index is 0.0780. The largest absolute Gasteiger partial charge is 0.368 e. The van der Waals surface area contributed by atoms with Gasteiger partial charge in [-0.15, -0.1) is 0 Å². The van der Waals surface area contributed by atoms with Crippen LogP contribution >= 0.6 is 0 Å². The maximum Gasteiger partial charge on any atom is 0.227 e. The lowest BCUT2D eigenvalue weighted by molar-refractivity contribution is -0.130. The van der Waals surface area contributed by atoms with Crippen LogP contribution in [0.15, 0.2) is 54.7 Å². The third-order valence-electron chi connectivity index (χ3n) is 5.29. The summed E-state index contributed by atoms with van der Waals surface area (Å²) in [6.07, 6.45) is 2.37. The molecule has 0 atom stereocenters. The summed E-state index contributed by atoms with van der Waals surface area (Å²) in [4.78, 5) is 31.6. The van der Waals surface area contributed by atoms with Crippen molar-refractivity contribution in [2.75, 3.05) is 31.1 Å². The van der Waals surface area contributed by atoms with E-state index in [4.69, 9.17) is 0 Å². The number of fused-ring (bicyclic) bond motifs is 1. The zero-order valence-electron chi connectivity index (χ0n) is 15.4. The van der Waals surface area contributed by atoms with E-state index < -0.39 is 0 Å². The number of carbonyl (C=O) groups is 2. The summed E-state index contributed by atoms with van der Waals surface area (Å²) >= 11 is 0. The quantitative estimate of drug-likeness (QED) is 0.726. The number of hydrogen-bond donors (Lipinski definition) is 1. The maximum absolute atomic E-state index is 12.7. The predicted octanol–water partition coefficient (Wildman–Crippen LogP) is 3.26. The van der Waals surface area contributed by atoms with Crippen LogP contribution in [-0.4, -0.2) is 47.8 Å². The number of aromatic nitrogens is 1. The first-order valence-electron chi connectivity index (χ1n) is 9.30. The van der Waals surface area contributed by atoms with E-state index in [9.17, 15) is 9.59 Å². The minimum atomic E-state index is 0.0780. The van der Waals surface area contributed by atoms with E-state index in [1.165, 1.54) is 0 Å². The van der Waals surface area contributed by atoms with Gasteiger partial charge in [0.15, 0.2) is 5.78 Å². The highest BCUT2D eigenvalue weighted by Gasteiger charge is 2.22. The van der Waals surface area contributed by atoms with Crippen LogP contribution in [0.4, 0.5) is 5.69 Å². The molecule has 1 aliphatic heterocycles. The number of amides is 1. The number of carbonyl (C=O) groups excluding carboxylic acids is 2. The molecule has 27 heavy (non-hydrogen) atoms. The van der Waals surface area contributed by atoms with Crippen LogP contribution in [-0.2, 0) is 11.2 Å². The Morgan fingerprint density at radius 2 is 1.67 bits per heavy atom. The monoisotopic (exact) mass is 361 g/mol. The van der Waals surface area contributed by atoms with Gasteiger partial charge in [-0.2, -0.15) is 0 Å². The number of rotatable bonds is 4. The highest BCUT2D eigenvalue weighted by molar-refractivity contribution is 5.94. The van der Waals surface area contributed by atoms with E-state index >= 15 is 0 Å². The second-order valence-electron chi connectivity index (χ2n) is 7.01. The standard InChI is InChI=1S/C22H23N3O2/c1-16(26)17-6-8-19(9-7-17)24-10-12-25(13-11-24)22(27)14-18-15-23-21-5-3-2-4-20(18)21/h2-9,15,23H,10-14H2,1H3. The van der Waals surface area contributed by atoms with Crippen molar-refractivity contribution < 1.29 is 9.59 Å². The number of nitrogens with zero attached hydrogens (tertiary/aromatic N) is 2. The predicted molar refractivity (Wildman–Crippen MR) is 107 cm³/mol. The number of nitrogens with one attached hydrogen (secondary N) is 1. The van der Waals surface area contributed by atoms with Crippen LogP contribution in [0.2, 0.25) is 0 Å². The molecule has 1 fully saturated rings. The van der Waals surface area contributed by atoms with Crippen molar-refractivity contribution in [2.24, 2.45) is 0 Å². The van der Waals surface area contributed by atoms with Crippen molar-refractivity contribution in [2.45, 2.75) is 13.3 Å². The molecule has 0 bridgehead atoms. The van der Waals surface area contributed by atoms with Gasteiger partial charge in [-0.25, -0.2) is 0 Å². The molecule has 0 radical (unpaired) electrons. The Labute approximate surface area is 158 Å². The molecular weight excluding hydrogens is 338 g/mol. The number of para-hydroxylation sites is 1. The summed E-state index contributed by atoms with van der Waals surface area (Å²) in [6, 6.07) is 15.8. The lowest BCUT2D eigenvalue weighted by Gasteiger charge is -2.36. The summed E-state index contributed by atoms with van der Waals surface area (Å²) in [5.41, 5.74) is 3.95. The van der Waals surface area contributed by atoms with Gasteiger partial charge in [-0.3, -0.25) is 9.59 Å². The van der Waals surface area contributed by atoms with Gasteiger partial charge in [0.05, 0.1) is 6.42 Å². The van der Waals surface area contributed by atoms with Gasteiger partial charge in [-0.1, -0.05) is 18.2 Å². The fourth-order valence-electron chi connectivity index (χ4n) is 3.67. The Hall–Kier alpha value is -3.08. The Bertz CT molecular complexity index is 967. The number of hydrogen-bond acceptors (Lipinski definition) is 3. The molecule has 1 amide bonds. The van der Waals surface area contributed by atoms with Gasteiger partial charge >= 0.3 is 0 Å². The highest BCUT2D eigenvalue weighted by Crippen LogP contribution is 2.21. The number of benzene rings is 2.